The zero-order chi connectivity index (χ0) is 31.7. The van der Waals surface area contributed by atoms with Crippen molar-refractivity contribution in [3.05, 3.63) is 35.9 Å². The first kappa shape index (κ1) is 40.7. The van der Waals surface area contributed by atoms with Gasteiger partial charge in [-0.3, -0.25) is 4.79 Å². The fraction of sp³-hybridized carbons (Fsp3) is 0.821. The molecule has 1 aromatic carbocycles. The van der Waals surface area contributed by atoms with E-state index in [1.807, 2.05) is 18.2 Å². The van der Waals surface area contributed by atoms with Crippen molar-refractivity contribution in [3.63, 3.8) is 0 Å². The van der Waals surface area contributed by atoms with E-state index in [2.05, 4.69) is 65.7 Å². The Morgan fingerprint density at radius 1 is 0.886 bits per heavy atom. The Morgan fingerprint density at radius 3 is 2.02 bits per heavy atom. The summed E-state index contributed by atoms with van der Waals surface area (Å²) in [5.41, 5.74) is 0.243. The molecule has 1 aromatic rings. The van der Waals surface area contributed by atoms with Crippen molar-refractivity contribution in [3.8, 4) is 0 Å². The van der Waals surface area contributed by atoms with E-state index in [0.29, 0.717) is 11.7 Å². The van der Waals surface area contributed by atoms with Crippen molar-refractivity contribution in [1.82, 2.24) is 4.90 Å². The average Bonchev–Trinajstić information content (AvgIpc) is 3.03. The third-order valence-corrected chi connectivity index (χ3v) is 11.4. The van der Waals surface area contributed by atoms with Gasteiger partial charge in [-0.1, -0.05) is 95.0 Å². The van der Waals surface area contributed by atoms with Crippen LogP contribution < -0.4 is 4.70 Å². The minimum absolute atomic E-state index is 0. The molecule has 0 spiro atoms. The van der Waals surface area contributed by atoms with E-state index in [4.69, 9.17) is 0 Å². The molecule has 0 amide bonds. The molecule has 1 N–H and O–H groups in total. The number of quaternary nitrogens is 1. The molecule has 0 aliphatic heterocycles. The van der Waals surface area contributed by atoms with Gasteiger partial charge in [-0.15, -0.1) is 0 Å². The van der Waals surface area contributed by atoms with Gasteiger partial charge in [0, 0.05) is 18.9 Å². The SMILES string of the molecule is CCCCCC(O)(c1ccccc1)C1CCCC(C(=O)C[C@@H](CC2CCCCC2)CN(C)C)C1.CC[N+](CC)(CC)CC.[F-]. The molecule has 3 rings (SSSR count). The maximum Gasteiger partial charge on any atom is 0.136 e. The van der Waals surface area contributed by atoms with Crippen molar-refractivity contribution in [2.75, 3.05) is 46.8 Å². The van der Waals surface area contributed by atoms with Gasteiger partial charge < -0.3 is 19.2 Å². The number of rotatable bonds is 17. The monoisotopic (exact) mass is 619 g/mol. The Morgan fingerprint density at radius 2 is 1.50 bits per heavy atom. The van der Waals surface area contributed by atoms with Gasteiger partial charge in [0.1, 0.15) is 5.78 Å². The van der Waals surface area contributed by atoms with E-state index in [1.54, 1.807) is 0 Å². The first-order valence-corrected chi connectivity index (χ1v) is 18.5. The van der Waals surface area contributed by atoms with Gasteiger partial charge in [-0.05, 0) is 97.2 Å². The third-order valence-electron chi connectivity index (χ3n) is 11.4. The maximum atomic E-state index is 13.6. The molecule has 0 aromatic heterocycles. The Hall–Kier alpha value is -1.30. The second-order valence-corrected chi connectivity index (χ2v) is 14.5. The Balaban J connectivity index is 0.000000842. The Bertz CT molecular complexity index is 851. The second kappa shape index (κ2) is 21.5. The molecule has 0 saturated heterocycles. The predicted molar refractivity (Wildman–Crippen MR) is 185 cm³/mol. The molecule has 256 valence electrons. The molecule has 3 unspecified atom stereocenters. The van der Waals surface area contributed by atoms with Gasteiger partial charge in [0.2, 0.25) is 0 Å². The van der Waals surface area contributed by atoms with E-state index in [9.17, 15) is 9.90 Å². The quantitative estimate of drug-likeness (QED) is 0.166. The molecule has 5 heteroatoms. The summed E-state index contributed by atoms with van der Waals surface area (Å²) >= 11 is 0. The lowest BCUT2D eigenvalue weighted by Crippen LogP contribution is -3.00. The predicted octanol–water partition coefficient (Wildman–Crippen LogP) is 6.26. The van der Waals surface area contributed by atoms with Crippen molar-refractivity contribution in [2.24, 2.45) is 23.7 Å². The van der Waals surface area contributed by atoms with Crippen LogP contribution in [-0.4, -0.2) is 67.1 Å². The molecule has 0 bridgehead atoms. The molecule has 2 aliphatic carbocycles. The lowest BCUT2D eigenvalue weighted by atomic mass is 9.67. The van der Waals surface area contributed by atoms with E-state index < -0.39 is 5.60 Å². The summed E-state index contributed by atoms with van der Waals surface area (Å²) in [4.78, 5) is 15.9. The lowest BCUT2D eigenvalue weighted by Gasteiger charge is -2.41. The fourth-order valence-electron chi connectivity index (χ4n) is 8.30. The standard InChI is InChI=1S/C31H51NO2.C8H20N.FH/c1-4-5-12-20-31(34,28-17-10-7-11-18-28)29-19-13-16-27(23-29)30(33)22-26(24-32(2)3)21-25-14-8-6-9-15-25;1-5-9(6-2,7-3)8-4;/h7,10-11,17-18,25-27,29,34H,4-6,8-9,12-16,19-24H2,1-3H3;5-8H2,1-4H3;1H/q;+1;/p-1/t26-,27?,29?,31?;;/m1../s1. The zero-order valence-electron chi connectivity index (χ0n) is 30.0. The first-order chi connectivity index (χ1) is 20.7. The summed E-state index contributed by atoms with van der Waals surface area (Å²) < 4.78 is 1.28. The van der Waals surface area contributed by atoms with Crippen molar-refractivity contribution < 1.29 is 19.1 Å². The third kappa shape index (κ3) is 12.8. The van der Waals surface area contributed by atoms with Crippen molar-refractivity contribution in [1.29, 1.82) is 0 Å². The number of nitrogens with zero attached hydrogens (tertiary/aromatic N) is 2. The van der Waals surface area contributed by atoms with Crippen LogP contribution in [0.25, 0.3) is 0 Å². The number of carbonyl (C=O) groups excluding carboxylic acids is 1. The Labute approximate surface area is 272 Å². The molecule has 44 heavy (non-hydrogen) atoms. The number of halogens is 1. The molecule has 0 radical (unpaired) electrons. The molecule has 0 heterocycles. The first-order valence-electron chi connectivity index (χ1n) is 18.5. The van der Waals surface area contributed by atoms with Gasteiger partial charge >= 0.3 is 0 Å². The molecular weight excluding hydrogens is 547 g/mol. The number of aliphatic hydroxyl groups is 1. The lowest BCUT2D eigenvalue weighted by molar-refractivity contribution is -0.921. The van der Waals surface area contributed by atoms with Crippen LogP contribution in [0.5, 0.6) is 0 Å². The highest BCUT2D eigenvalue weighted by molar-refractivity contribution is 5.81. The number of ketones is 1. The normalized spacial score (nSPS) is 21.5. The highest BCUT2D eigenvalue weighted by Crippen LogP contribution is 2.45. The highest BCUT2D eigenvalue weighted by Gasteiger charge is 2.42. The van der Waals surface area contributed by atoms with Gasteiger partial charge in [0.15, 0.2) is 0 Å². The molecule has 2 aliphatic rings. The van der Waals surface area contributed by atoms with Gasteiger partial charge in [-0.25, -0.2) is 0 Å². The number of carbonyl (C=O) groups is 1. The summed E-state index contributed by atoms with van der Waals surface area (Å²) in [6.45, 7) is 17.5. The topological polar surface area (TPSA) is 40.5 Å². The van der Waals surface area contributed by atoms with Gasteiger partial charge in [0.05, 0.1) is 31.8 Å². The number of Topliss-reactive ketones (excluding diaryl/α,β-unsaturated/α-hetero) is 1. The minimum atomic E-state index is -0.805. The number of benzene rings is 1. The average molecular weight is 619 g/mol. The van der Waals surface area contributed by atoms with E-state index >= 15 is 0 Å². The van der Waals surface area contributed by atoms with E-state index in [0.717, 1.165) is 75.8 Å². The smallest absolute Gasteiger partial charge is 0.136 e. The largest absolute Gasteiger partial charge is 1.00 e. The van der Waals surface area contributed by atoms with E-state index in [-0.39, 0.29) is 16.5 Å². The molecule has 4 atom stereocenters. The van der Waals surface area contributed by atoms with Crippen LogP contribution in [-0.2, 0) is 10.4 Å². The highest BCUT2D eigenvalue weighted by atomic mass is 19.0. The number of hydrogen-bond donors (Lipinski definition) is 1. The van der Waals surface area contributed by atoms with Crippen LogP contribution >= 0.6 is 0 Å². The fourth-order valence-corrected chi connectivity index (χ4v) is 8.30. The summed E-state index contributed by atoms with van der Waals surface area (Å²) in [7, 11) is 4.29. The van der Waals surface area contributed by atoms with Crippen LogP contribution in [0.15, 0.2) is 30.3 Å². The number of unbranched alkanes of at least 4 members (excludes halogenated alkanes) is 2. The summed E-state index contributed by atoms with van der Waals surface area (Å²) in [6, 6.07) is 10.3. The Kier molecular flexibility index (Phi) is 19.9. The van der Waals surface area contributed by atoms with Crippen molar-refractivity contribution >= 4 is 5.78 Å². The summed E-state index contributed by atoms with van der Waals surface area (Å²) in [5.74, 6) is 2.06. The van der Waals surface area contributed by atoms with Crippen LogP contribution in [0.4, 0.5) is 0 Å². The van der Waals surface area contributed by atoms with Gasteiger partial charge in [0.25, 0.3) is 0 Å². The van der Waals surface area contributed by atoms with Crippen LogP contribution in [0.1, 0.15) is 136 Å². The zero-order valence-corrected chi connectivity index (χ0v) is 30.0. The van der Waals surface area contributed by atoms with Crippen LogP contribution in [0.3, 0.4) is 0 Å². The minimum Gasteiger partial charge on any atom is -1.00 e. The molecule has 2 saturated carbocycles. The van der Waals surface area contributed by atoms with Gasteiger partial charge in [-0.2, -0.15) is 0 Å². The molecule has 2 fully saturated rings. The summed E-state index contributed by atoms with van der Waals surface area (Å²) in [6.07, 6.45) is 16.9. The molecule has 4 nitrogen and oxygen atoms in total. The second-order valence-electron chi connectivity index (χ2n) is 14.5. The summed E-state index contributed by atoms with van der Waals surface area (Å²) in [5, 5.41) is 12.0. The van der Waals surface area contributed by atoms with E-state index in [1.165, 1.54) is 69.2 Å². The maximum absolute atomic E-state index is 13.6. The van der Waals surface area contributed by atoms with Crippen LogP contribution in [0, 0.1) is 23.7 Å². The van der Waals surface area contributed by atoms with Crippen LogP contribution in [0.2, 0.25) is 0 Å². The number of hydrogen-bond acceptors (Lipinski definition) is 3. The van der Waals surface area contributed by atoms with Crippen molar-refractivity contribution in [2.45, 2.75) is 137 Å². The molecular formula is C39H71FN2O2.